The van der Waals surface area contributed by atoms with Gasteiger partial charge < -0.3 is 5.32 Å². The van der Waals surface area contributed by atoms with Gasteiger partial charge >= 0.3 is 0 Å². The van der Waals surface area contributed by atoms with Gasteiger partial charge in [-0.25, -0.2) is 0 Å². The molecule has 0 saturated carbocycles. The van der Waals surface area contributed by atoms with Crippen LogP contribution in [0.3, 0.4) is 0 Å². The SMILES string of the molecule is Cc1nc2ccc(Cl)cc2c(-c2ccccc2)c1C(=O)/C=C/Nc1ccccc1. The summed E-state index contributed by atoms with van der Waals surface area (Å²) in [4.78, 5) is 17.8. The van der Waals surface area contributed by atoms with Gasteiger partial charge in [0.15, 0.2) is 5.78 Å². The number of nitrogens with zero attached hydrogens (tertiary/aromatic N) is 1. The highest BCUT2D eigenvalue weighted by Gasteiger charge is 2.19. The first kappa shape index (κ1) is 18.9. The number of carbonyl (C=O) groups is 1. The van der Waals surface area contributed by atoms with Crippen molar-refractivity contribution in [1.82, 2.24) is 4.98 Å². The van der Waals surface area contributed by atoms with Gasteiger partial charge in [-0.2, -0.15) is 0 Å². The minimum atomic E-state index is -0.112. The van der Waals surface area contributed by atoms with E-state index in [-0.39, 0.29) is 5.78 Å². The number of hydrogen-bond acceptors (Lipinski definition) is 3. The van der Waals surface area contributed by atoms with Crippen molar-refractivity contribution in [3.63, 3.8) is 0 Å². The predicted molar refractivity (Wildman–Crippen MR) is 120 cm³/mol. The fraction of sp³-hybridized carbons (Fsp3) is 0.0400. The van der Waals surface area contributed by atoms with E-state index in [2.05, 4.69) is 10.3 Å². The third kappa shape index (κ3) is 4.05. The van der Waals surface area contributed by atoms with Crippen LogP contribution in [-0.2, 0) is 0 Å². The van der Waals surface area contributed by atoms with Crippen LogP contribution in [0.4, 0.5) is 5.69 Å². The number of para-hydroxylation sites is 1. The Morgan fingerprint density at radius 1 is 0.966 bits per heavy atom. The van der Waals surface area contributed by atoms with Crippen LogP contribution in [-0.4, -0.2) is 10.8 Å². The van der Waals surface area contributed by atoms with Crippen LogP contribution in [0.1, 0.15) is 16.1 Å². The Morgan fingerprint density at radius 3 is 2.38 bits per heavy atom. The minimum absolute atomic E-state index is 0.112. The topological polar surface area (TPSA) is 42.0 Å². The molecule has 0 aliphatic carbocycles. The maximum atomic E-state index is 13.2. The number of allylic oxidation sites excluding steroid dienone is 1. The molecule has 0 fully saturated rings. The molecule has 0 amide bonds. The Kier molecular flexibility index (Phi) is 5.41. The van der Waals surface area contributed by atoms with Crippen LogP contribution in [0.15, 0.2) is 91.1 Å². The summed E-state index contributed by atoms with van der Waals surface area (Å²) in [5.41, 5.74) is 4.81. The number of halogens is 1. The highest BCUT2D eigenvalue weighted by molar-refractivity contribution is 6.31. The summed E-state index contributed by atoms with van der Waals surface area (Å²) in [6.45, 7) is 1.87. The molecule has 4 rings (SSSR count). The average Bonchev–Trinajstić information content (AvgIpc) is 2.74. The molecular formula is C25H19ClN2O. The Bertz CT molecular complexity index is 1200. The summed E-state index contributed by atoms with van der Waals surface area (Å²) in [6, 6.07) is 25.1. The Balaban J connectivity index is 1.82. The molecule has 3 aromatic carbocycles. The number of hydrogen-bond donors (Lipinski definition) is 1. The van der Waals surface area contributed by atoms with Crippen molar-refractivity contribution in [2.75, 3.05) is 5.32 Å². The number of aryl methyl sites for hydroxylation is 1. The van der Waals surface area contributed by atoms with Gasteiger partial charge in [-0.15, -0.1) is 0 Å². The van der Waals surface area contributed by atoms with Crippen LogP contribution in [0.5, 0.6) is 0 Å². The molecule has 1 aromatic heterocycles. The van der Waals surface area contributed by atoms with Gasteiger partial charge in [0, 0.05) is 39.6 Å². The summed E-state index contributed by atoms with van der Waals surface area (Å²) >= 11 is 6.26. The fourth-order valence-corrected chi connectivity index (χ4v) is 3.57. The summed E-state index contributed by atoms with van der Waals surface area (Å²) in [7, 11) is 0. The molecular weight excluding hydrogens is 380 g/mol. The number of benzene rings is 3. The second-order valence-electron chi connectivity index (χ2n) is 6.68. The lowest BCUT2D eigenvalue weighted by Crippen LogP contribution is -2.05. The quantitative estimate of drug-likeness (QED) is 0.301. The van der Waals surface area contributed by atoms with Crippen molar-refractivity contribution >= 4 is 34.0 Å². The molecule has 4 aromatic rings. The molecule has 0 saturated heterocycles. The number of ketones is 1. The van der Waals surface area contributed by atoms with E-state index in [1.54, 1.807) is 12.3 Å². The van der Waals surface area contributed by atoms with Gasteiger partial charge in [-0.3, -0.25) is 9.78 Å². The molecule has 4 heteroatoms. The lowest BCUT2D eigenvalue weighted by Gasteiger charge is -2.14. The van der Waals surface area contributed by atoms with Crippen molar-refractivity contribution in [3.8, 4) is 11.1 Å². The molecule has 1 heterocycles. The highest BCUT2D eigenvalue weighted by atomic mass is 35.5. The van der Waals surface area contributed by atoms with Crippen molar-refractivity contribution < 1.29 is 4.79 Å². The maximum absolute atomic E-state index is 13.2. The number of fused-ring (bicyclic) bond motifs is 1. The maximum Gasteiger partial charge on any atom is 0.189 e. The number of nitrogens with one attached hydrogen (secondary N) is 1. The lowest BCUT2D eigenvalue weighted by atomic mass is 9.92. The molecule has 29 heavy (non-hydrogen) atoms. The Morgan fingerprint density at radius 2 is 1.66 bits per heavy atom. The zero-order valence-corrected chi connectivity index (χ0v) is 16.6. The van der Waals surface area contributed by atoms with Gasteiger partial charge in [-0.1, -0.05) is 60.1 Å². The van der Waals surface area contributed by atoms with E-state index in [0.717, 1.165) is 27.7 Å². The summed E-state index contributed by atoms with van der Waals surface area (Å²) in [5, 5.41) is 4.60. The smallest absolute Gasteiger partial charge is 0.189 e. The zero-order chi connectivity index (χ0) is 20.2. The van der Waals surface area contributed by atoms with E-state index < -0.39 is 0 Å². The summed E-state index contributed by atoms with van der Waals surface area (Å²) in [6.07, 6.45) is 3.20. The second kappa shape index (κ2) is 8.29. The third-order valence-electron chi connectivity index (χ3n) is 4.70. The number of carbonyl (C=O) groups excluding carboxylic acids is 1. The summed E-state index contributed by atoms with van der Waals surface area (Å²) < 4.78 is 0. The van der Waals surface area contributed by atoms with Crippen molar-refractivity contribution in [2.24, 2.45) is 0 Å². The van der Waals surface area contributed by atoms with Crippen LogP contribution >= 0.6 is 11.6 Å². The molecule has 0 spiro atoms. The third-order valence-corrected chi connectivity index (χ3v) is 4.93. The monoisotopic (exact) mass is 398 g/mol. The van der Waals surface area contributed by atoms with Crippen LogP contribution < -0.4 is 5.32 Å². The highest BCUT2D eigenvalue weighted by Crippen LogP contribution is 2.34. The van der Waals surface area contributed by atoms with Crippen LogP contribution in [0.2, 0.25) is 5.02 Å². The first-order valence-electron chi connectivity index (χ1n) is 9.31. The standard InChI is InChI=1S/C25H19ClN2O/c1-17-24(23(29)14-15-27-20-10-6-3-7-11-20)25(18-8-4-2-5-9-18)21-16-19(26)12-13-22(21)28-17/h2-16,27H,1H3/b15-14+. The van der Waals surface area contributed by atoms with E-state index in [1.807, 2.05) is 85.8 Å². The normalized spacial score (nSPS) is 11.1. The van der Waals surface area contributed by atoms with E-state index >= 15 is 0 Å². The van der Waals surface area contributed by atoms with Crippen molar-refractivity contribution in [2.45, 2.75) is 6.92 Å². The second-order valence-corrected chi connectivity index (χ2v) is 7.12. The first-order chi connectivity index (χ1) is 14.1. The molecule has 0 aliphatic heterocycles. The number of anilines is 1. The molecule has 0 bridgehead atoms. The van der Waals surface area contributed by atoms with Crippen LogP contribution in [0.25, 0.3) is 22.0 Å². The molecule has 0 unspecified atom stereocenters. The number of rotatable bonds is 5. The molecule has 142 valence electrons. The van der Waals surface area contributed by atoms with Crippen molar-refractivity contribution in [3.05, 3.63) is 107 Å². The minimum Gasteiger partial charge on any atom is -0.362 e. The zero-order valence-electron chi connectivity index (χ0n) is 15.9. The largest absolute Gasteiger partial charge is 0.362 e. The Hall–Kier alpha value is -3.43. The predicted octanol–water partition coefficient (Wildman–Crippen LogP) is 6.67. The van der Waals surface area contributed by atoms with E-state index in [0.29, 0.717) is 16.3 Å². The summed E-state index contributed by atoms with van der Waals surface area (Å²) in [5.74, 6) is -0.112. The van der Waals surface area contributed by atoms with Gasteiger partial charge in [0.05, 0.1) is 11.1 Å². The number of pyridine rings is 1. The molecule has 0 aliphatic rings. The van der Waals surface area contributed by atoms with Gasteiger partial charge in [0.2, 0.25) is 0 Å². The Labute approximate surface area is 174 Å². The molecule has 1 N–H and O–H groups in total. The molecule has 0 radical (unpaired) electrons. The van der Waals surface area contributed by atoms with Gasteiger partial charge in [-0.05, 0) is 42.8 Å². The van der Waals surface area contributed by atoms with E-state index in [4.69, 9.17) is 11.6 Å². The van der Waals surface area contributed by atoms with Gasteiger partial charge in [0.25, 0.3) is 0 Å². The van der Waals surface area contributed by atoms with E-state index in [1.165, 1.54) is 0 Å². The van der Waals surface area contributed by atoms with E-state index in [9.17, 15) is 4.79 Å². The number of aromatic nitrogens is 1. The van der Waals surface area contributed by atoms with Crippen molar-refractivity contribution in [1.29, 1.82) is 0 Å². The van der Waals surface area contributed by atoms with Crippen LogP contribution in [0, 0.1) is 6.92 Å². The average molecular weight is 399 g/mol. The fourth-order valence-electron chi connectivity index (χ4n) is 3.40. The molecule has 3 nitrogen and oxygen atoms in total. The molecule has 0 atom stereocenters. The van der Waals surface area contributed by atoms with Gasteiger partial charge in [0.1, 0.15) is 0 Å². The first-order valence-corrected chi connectivity index (χ1v) is 9.69. The lowest BCUT2D eigenvalue weighted by molar-refractivity contribution is 0.104.